The molecule has 0 saturated heterocycles. The molecule has 0 unspecified atom stereocenters. The highest BCUT2D eigenvalue weighted by atomic mass is 32.1. The van der Waals surface area contributed by atoms with Gasteiger partial charge in [-0.2, -0.15) is 0 Å². The Balaban J connectivity index is 1.07. The Bertz CT molecular complexity index is 2960. The average molecular weight is 723 g/mol. The number of fused-ring (bicyclic) bond motifs is 5. The molecule has 0 atom stereocenters. The van der Waals surface area contributed by atoms with E-state index >= 15 is 0 Å². The Morgan fingerprint density at radius 2 is 0.964 bits per heavy atom. The minimum absolute atomic E-state index is 0.331. The van der Waals surface area contributed by atoms with Crippen LogP contribution in [-0.4, -0.2) is 31.4 Å². The van der Waals surface area contributed by atoms with Gasteiger partial charge >= 0.3 is 0 Å². The van der Waals surface area contributed by atoms with Gasteiger partial charge in [0.1, 0.15) is 0 Å². The van der Waals surface area contributed by atoms with Crippen molar-refractivity contribution in [2.75, 3.05) is 0 Å². The first-order valence-corrected chi connectivity index (χ1v) is 18.4. The van der Waals surface area contributed by atoms with Crippen molar-refractivity contribution in [3.63, 3.8) is 0 Å². The van der Waals surface area contributed by atoms with Crippen LogP contribution in [0.4, 0.5) is 0 Å². The van der Waals surface area contributed by atoms with Crippen molar-refractivity contribution < 1.29 is 0 Å². The molecular formula is C48H30N6S. The van der Waals surface area contributed by atoms with Crippen LogP contribution in [0.25, 0.3) is 95.1 Å². The SMILES string of the molecule is N=C1C(=NS)C=Cc2c(-c3ccccc3)nc3cc(-c4ccc(-c5nc(-c6ccc7ccccc7c6)nc(-c6ccc7ccccc7c6)n5)cc4)ccc3c21. The number of allylic oxidation sites excluding steroid dienone is 1. The molecule has 55 heavy (non-hydrogen) atoms. The van der Waals surface area contributed by atoms with E-state index in [2.05, 4.69) is 132 Å². The van der Waals surface area contributed by atoms with Crippen LogP contribution in [0.5, 0.6) is 0 Å². The normalized spacial score (nSPS) is 13.2. The molecule has 0 spiro atoms. The van der Waals surface area contributed by atoms with Crippen molar-refractivity contribution in [3.8, 4) is 56.5 Å². The zero-order valence-electron chi connectivity index (χ0n) is 29.3. The van der Waals surface area contributed by atoms with Gasteiger partial charge in [0.2, 0.25) is 0 Å². The van der Waals surface area contributed by atoms with Crippen LogP contribution in [0.2, 0.25) is 0 Å². The van der Waals surface area contributed by atoms with Gasteiger partial charge in [0.05, 0.1) is 22.6 Å². The third-order valence-corrected chi connectivity index (χ3v) is 10.4. The number of thiol groups is 1. The smallest absolute Gasteiger partial charge is 0.164 e. The topological polar surface area (TPSA) is 87.8 Å². The van der Waals surface area contributed by atoms with Gasteiger partial charge in [0, 0.05) is 38.8 Å². The summed E-state index contributed by atoms with van der Waals surface area (Å²) >= 11 is 4.15. The van der Waals surface area contributed by atoms with Crippen LogP contribution >= 0.6 is 12.8 Å². The number of nitrogens with zero attached hydrogens (tertiary/aromatic N) is 5. The molecular weight excluding hydrogens is 693 g/mol. The van der Waals surface area contributed by atoms with Crippen LogP contribution in [0, 0.1) is 5.41 Å². The fourth-order valence-corrected chi connectivity index (χ4v) is 7.56. The fraction of sp³-hybridized carbons (Fsp3) is 0. The second kappa shape index (κ2) is 13.4. The van der Waals surface area contributed by atoms with Crippen molar-refractivity contribution in [2.45, 2.75) is 0 Å². The molecule has 258 valence electrons. The minimum Gasteiger partial charge on any atom is -0.298 e. The molecule has 6 nitrogen and oxygen atoms in total. The zero-order valence-corrected chi connectivity index (χ0v) is 30.2. The summed E-state index contributed by atoms with van der Waals surface area (Å²) in [5.74, 6) is 1.83. The molecule has 1 aliphatic rings. The summed E-state index contributed by atoms with van der Waals surface area (Å²) in [7, 11) is 0. The van der Waals surface area contributed by atoms with E-state index in [1.807, 2.05) is 54.6 Å². The molecule has 0 amide bonds. The molecule has 2 aromatic heterocycles. The number of aromatic nitrogens is 4. The highest BCUT2D eigenvalue weighted by Crippen LogP contribution is 2.36. The first-order chi connectivity index (χ1) is 27.1. The van der Waals surface area contributed by atoms with E-state index in [4.69, 9.17) is 25.3 Å². The van der Waals surface area contributed by atoms with E-state index in [0.717, 1.165) is 82.6 Å². The van der Waals surface area contributed by atoms with Gasteiger partial charge in [-0.15, -0.1) is 0 Å². The van der Waals surface area contributed by atoms with Crippen molar-refractivity contribution in [2.24, 2.45) is 4.40 Å². The Labute approximate surface area is 322 Å². The first kappa shape index (κ1) is 32.6. The molecule has 0 aliphatic heterocycles. The van der Waals surface area contributed by atoms with E-state index in [1.165, 1.54) is 0 Å². The van der Waals surface area contributed by atoms with Gasteiger partial charge in [-0.25, -0.2) is 24.3 Å². The fourth-order valence-electron chi connectivity index (χ4n) is 7.40. The Kier molecular flexibility index (Phi) is 7.93. The van der Waals surface area contributed by atoms with Gasteiger partial charge in [-0.1, -0.05) is 140 Å². The van der Waals surface area contributed by atoms with E-state index in [9.17, 15) is 0 Å². The van der Waals surface area contributed by atoms with Crippen LogP contribution < -0.4 is 0 Å². The quantitative estimate of drug-likeness (QED) is 0.173. The molecule has 1 N–H and O–H groups in total. The molecule has 0 bridgehead atoms. The van der Waals surface area contributed by atoms with Gasteiger partial charge in [0.25, 0.3) is 0 Å². The maximum atomic E-state index is 9.03. The maximum Gasteiger partial charge on any atom is 0.164 e. The second-order valence-electron chi connectivity index (χ2n) is 13.5. The molecule has 10 rings (SSSR count). The van der Waals surface area contributed by atoms with Gasteiger partial charge < -0.3 is 0 Å². The number of nitrogens with one attached hydrogen (secondary N) is 1. The standard InChI is InChI=1S/C48H30N6S/c49-44-41(54-55)25-24-40-43(44)39-23-22-36(28-42(39)50-45(40)32-10-2-1-3-11-32)31-14-18-33(19-15-31)46-51-47(37-20-16-29-8-4-6-12-34(29)26-37)53-48(52-46)38-21-17-30-9-5-7-13-35(30)27-38/h1-28,49,55H. The average Bonchev–Trinajstić information content (AvgIpc) is 3.25. The Morgan fingerprint density at radius 3 is 1.58 bits per heavy atom. The van der Waals surface area contributed by atoms with Crippen LogP contribution in [-0.2, 0) is 0 Å². The highest BCUT2D eigenvalue weighted by Gasteiger charge is 2.24. The number of pyridine rings is 1. The number of benzene rings is 7. The summed E-state index contributed by atoms with van der Waals surface area (Å²) < 4.78 is 4.07. The maximum absolute atomic E-state index is 9.03. The van der Waals surface area contributed by atoms with Crippen molar-refractivity contribution >= 4 is 62.8 Å². The Morgan fingerprint density at radius 1 is 0.436 bits per heavy atom. The zero-order chi connectivity index (χ0) is 36.9. The lowest BCUT2D eigenvalue weighted by Crippen LogP contribution is -2.18. The minimum atomic E-state index is 0.331. The second-order valence-corrected chi connectivity index (χ2v) is 13.7. The number of hydrogen-bond donors (Lipinski definition) is 2. The molecule has 7 heteroatoms. The molecule has 0 saturated carbocycles. The van der Waals surface area contributed by atoms with Crippen molar-refractivity contribution in [3.05, 3.63) is 175 Å². The van der Waals surface area contributed by atoms with Crippen LogP contribution in [0.15, 0.2) is 168 Å². The first-order valence-electron chi connectivity index (χ1n) is 18.0. The van der Waals surface area contributed by atoms with Gasteiger partial charge in [-0.3, -0.25) is 5.41 Å². The summed E-state index contributed by atoms with van der Waals surface area (Å²) in [6, 6.07) is 53.9. The Hall–Kier alpha value is -7.09. The molecule has 0 fully saturated rings. The number of hydrogen-bond acceptors (Lipinski definition) is 7. The largest absolute Gasteiger partial charge is 0.298 e. The van der Waals surface area contributed by atoms with E-state index in [1.54, 1.807) is 0 Å². The highest BCUT2D eigenvalue weighted by molar-refractivity contribution is 7.79. The van der Waals surface area contributed by atoms with Gasteiger partial charge in [-0.05, 0) is 75.8 Å². The summed E-state index contributed by atoms with van der Waals surface area (Å²) in [6.07, 6.45) is 3.82. The molecule has 1 aliphatic carbocycles. The lowest BCUT2D eigenvalue weighted by Gasteiger charge is -2.19. The molecule has 0 radical (unpaired) electrons. The van der Waals surface area contributed by atoms with E-state index in [0.29, 0.717) is 28.9 Å². The molecule has 2 heterocycles. The predicted molar refractivity (Wildman–Crippen MR) is 230 cm³/mol. The lowest BCUT2D eigenvalue weighted by molar-refractivity contribution is 1.08. The molecule has 9 aromatic rings. The summed E-state index contributed by atoms with van der Waals surface area (Å²) in [5, 5.41) is 14.5. The predicted octanol–water partition coefficient (Wildman–Crippen LogP) is 11.7. The van der Waals surface area contributed by atoms with Crippen molar-refractivity contribution in [1.29, 1.82) is 5.41 Å². The van der Waals surface area contributed by atoms with Gasteiger partial charge in [0.15, 0.2) is 17.5 Å². The summed E-state index contributed by atoms with van der Waals surface area (Å²) in [5.41, 5.74) is 9.96. The summed E-state index contributed by atoms with van der Waals surface area (Å²) in [4.78, 5) is 20.3. The third kappa shape index (κ3) is 5.87. The summed E-state index contributed by atoms with van der Waals surface area (Å²) in [6.45, 7) is 0. The molecule has 7 aromatic carbocycles. The van der Waals surface area contributed by atoms with Crippen LogP contribution in [0.3, 0.4) is 0 Å². The van der Waals surface area contributed by atoms with E-state index in [-0.39, 0.29) is 0 Å². The monoisotopic (exact) mass is 722 g/mol. The van der Waals surface area contributed by atoms with E-state index < -0.39 is 0 Å². The van der Waals surface area contributed by atoms with Crippen molar-refractivity contribution in [1.82, 2.24) is 19.9 Å². The lowest BCUT2D eigenvalue weighted by atomic mass is 9.87. The third-order valence-electron chi connectivity index (χ3n) is 10.2. The van der Waals surface area contributed by atoms with Crippen LogP contribution in [0.1, 0.15) is 11.1 Å². The number of rotatable bonds is 5.